The van der Waals surface area contributed by atoms with Gasteiger partial charge in [0.2, 0.25) is 0 Å². The molecule has 0 aliphatic carbocycles. The second kappa shape index (κ2) is 6.19. The van der Waals surface area contributed by atoms with Gasteiger partial charge in [-0.15, -0.1) is 0 Å². The maximum absolute atomic E-state index is 11.4. The molecule has 0 aliphatic heterocycles. The Balaban J connectivity index is 2.27. The first-order valence-corrected chi connectivity index (χ1v) is 9.20. The van der Waals surface area contributed by atoms with E-state index in [0.717, 1.165) is 12.1 Å². The molecule has 6 nitrogen and oxygen atoms in total. The van der Waals surface area contributed by atoms with Crippen molar-refractivity contribution in [3.63, 3.8) is 0 Å². The van der Waals surface area contributed by atoms with E-state index in [1.807, 2.05) is 23.9 Å². The number of hydrogen-bond donors (Lipinski definition) is 0. The molecule has 0 fully saturated rings. The van der Waals surface area contributed by atoms with Crippen LogP contribution in [0.5, 0.6) is 0 Å². The highest BCUT2D eigenvalue weighted by Crippen LogP contribution is 2.16. The molecule has 0 radical (unpaired) electrons. The number of nitrogens with zero attached hydrogens (tertiary/aromatic N) is 4. The van der Waals surface area contributed by atoms with Crippen molar-refractivity contribution < 1.29 is 8.42 Å². The van der Waals surface area contributed by atoms with Gasteiger partial charge in [0.05, 0.1) is 12.2 Å². The van der Waals surface area contributed by atoms with E-state index in [1.165, 1.54) is 6.20 Å². The fourth-order valence-corrected chi connectivity index (χ4v) is 2.72. The molecular weight excluding hydrogens is 312 g/mol. The van der Waals surface area contributed by atoms with E-state index in [2.05, 4.69) is 23.9 Å². The number of hydrogen-bond acceptors (Lipinski definition) is 4. The molecule has 0 bridgehead atoms. The number of aryl methyl sites for hydroxylation is 1. The van der Waals surface area contributed by atoms with Crippen LogP contribution in [0.15, 0.2) is 23.5 Å². The zero-order chi connectivity index (χ0) is 15.6. The molecule has 2 heterocycles. The summed E-state index contributed by atoms with van der Waals surface area (Å²) in [5, 5.41) is 4.40. The monoisotopic (exact) mass is 330 g/mol. The molecule has 0 N–H and O–H groups in total. The molecule has 0 saturated carbocycles. The van der Waals surface area contributed by atoms with Crippen molar-refractivity contribution in [2.45, 2.75) is 51.2 Å². The highest BCUT2D eigenvalue weighted by molar-refractivity contribution is 8.13. The minimum absolute atomic E-state index is 0.109. The largest absolute Gasteiger partial charge is 0.327 e. The number of halogens is 1. The molecule has 1 unspecified atom stereocenters. The van der Waals surface area contributed by atoms with Gasteiger partial charge in [0.1, 0.15) is 5.82 Å². The highest BCUT2D eigenvalue weighted by atomic mass is 35.7. The summed E-state index contributed by atoms with van der Waals surface area (Å²) in [5.74, 6) is 0.673. The van der Waals surface area contributed by atoms with E-state index >= 15 is 0 Å². The average Bonchev–Trinajstić information content (AvgIpc) is 3.04. The van der Waals surface area contributed by atoms with Gasteiger partial charge >= 0.3 is 0 Å². The predicted octanol–water partition coefficient (Wildman–Crippen LogP) is 2.59. The van der Waals surface area contributed by atoms with Gasteiger partial charge in [0.15, 0.2) is 5.03 Å². The summed E-state index contributed by atoms with van der Waals surface area (Å²) in [6, 6.07) is 2.27. The lowest BCUT2D eigenvalue weighted by Gasteiger charge is -2.08. The number of rotatable bonds is 6. The smallest absolute Gasteiger partial charge is 0.280 e. The van der Waals surface area contributed by atoms with Gasteiger partial charge in [-0.2, -0.15) is 5.10 Å². The predicted molar refractivity (Wildman–Crippen MR) is 81.0 cm³/mol. The van der Waals surface area contributed by atoms with Crippen LogP contribution in [0.25, 0.3) is 0 Å². The Morgan fingerprint density at radius 1 is 1.38 bits per heavy atom. The van der Waals surface area contributed by atoms with Crippen LogP contribution in [0.4, 0.5) is 0 Å². The zero-order valence-corrected chi connectivity index (χ0v) is 13.9. The van der Waals surface area contributed by atoms with Gasteiger partial charge in [0, 0.05) is 35.5 Å². The SMILES string of the molecule is CCc1nc(S(=O)(=O)Cl)cn1Cc1ccn(C(C)CC)n1. The minimum atomic E-state index is -3.80. The Morgan fingerprint density at radius 2 is 2.10 bits per heavy atom. The third-order valence-corrected chi connectivity index (χ3v) is 4.61. The number of imidazole rings is 1. The molecule has 1 atom stereocenters. The van der Waals surface area contributed by atoms with Crippen molar-refractivity contribution in [2.75, 3.05) is 0 Å². The van der Waals surface area contributed by atoms with Crippen molar-refractivity contribution >= 4 is 19.7 Å². The number of aromatic nitrogens is 4. The summed E-state index contributed by atoms with van der Waals surface area (Å²) >= 11 is 0. The van der Waals surface area contributed by atoms with E-state index in [4.69, 9.17) is 10.7 Å². The molecule has 2 aromatic rings. The third-order valence-electron chi connectivity index (χ3n) is 3.44. The van der Waals surface area contributed by atoms with Crippen LogP contribution in [0.3, 0.4) is 0 Å². The quantitative estimate of drug-likeness (QED) is 0.763. The maximum atomic E-state index is 11.4. The van der Waals surface area contributed by atoms with Gasteiger partial charge in [-0.1, -0.05) is 13.8 Å². The third kappa shape index (κ3) is 3.65. The first-order chi connectivity index (χ1) is 9.85. The van der Waals surface area contributed by atoms with Gasteiger partial charge < -0.3 is 4.57 Å². The Morgan fingerprint density at radius 3 is 2.67 bits per heavy atom. The summed E-state index contributed by atoms with van der Waals surface area (Å²) in [4.78, 5) is 4.06. The first kappa shape index (κ1) is 16.0. The fraction of sp³-hybridized carbons (Fsp3) is 0.538. The lowest BCUT2D eigenvalue weighted by Crippen LogP contribution is -2.07. The molecule has 0 saturated heterocycles. The van der Waals surface area contributed by atoms with E-state index in [-0.39, 0.29) is 5.03 Å². The van der Waals surface area contributed by atoms with Gasteiger partial charge in [-0.05, 0) is 19.4 Å². The topological polar surface area (TPSA) is 69.8 Å². The Bertz CT molecular complexity index is 720. The van der Waals surface area contributed by atoms with Crippen molar-refractivity contribution in [3.05, 3.63) is 30.0 Å². The summed E-state index contributed by atoms with van der Waals surface area (Å²) in [5.41, 5.74) is 0.862. The summed E-state index contributed by atoms with van der Waals surface area (Å²) in [6.07, 6.45) is 5.02. The van der Waals surface area contributed by atoms with Crippen LogP contribution in [0.2, 0.25) is 0 Å². The molecule has 0 spiro atoms. The van der Waals surface area contributed by atoms with Crippen LogP contribution in [-0.2, 0) is 22.0 Å². The van der Waals surface area contributed by atoms with Gasteiger partial charge in [0.25, 0.3) is 9.05 Å². The lowest BCUT2D eigenvalue weighted by atomic mass is 10.3. The first-order valence-electron chi connectivity index (χ1n) is 6.89. The fourth-order valence-electron chi connectivity index (χ4n) is 2.03. The molecule has 0 amide bonds. The van der Waals surface area contributed by atoms with Gasteiger partial charge in [-0.25, -0.2) is 13.4 Å². The Labute approximate surface area is 129 Å². The summed E-state index contributed by atoms with van der Waals surface area (Å²) < 4.78 is 26.4. The maximum Gasteiger partial charge on any atom is 0.280 e. The van der Waals surface area contributed by atoms with Crippen LogP contribution >= 0.6 is 10.7 Å². The van der Waals surface area contributed by atoms with Crippen molar-refractivity contribution in [1.29, 1.82) is 0 Å². The lowest BCUT2D eigenvalue weighted by molar-refractivity contribution is 0.472. The summed E-state index contributed by atoms with van der Waals surface area (Å²) in [6.45, 7) is 6.60. The highest BCUT2D eigenvalue weighted by Gasteiger charge is 2.17. The normalized spacial score (nSPS) is 13.5. The molecule has 21 heavy (non-hydrogen) atoms. The van der Waals surface area contributed by atoms with Crippen molar-refractivity contribution in [1.82, 2.24) is 19.3 Å². The van der Waals surface area contributed by atoms with Crippen molar-refractivity contribution in [3.8, 4) is 0 Å². The summed E-state index contributed by atoms with van der Waals surface area (Å²) in [7, 11) is 1.54. The average molecular weight is 331 g/mol. The molecule has 0 aliphatic rings. The van der Waals surface area contributed by atoms with Crippen LogP contribution < -0.4 is 0 Å². The van der Waals surface area contributed by atoms with E-state index < -0.39 is 9.05 Å². The molecule has 2 aromatic heterocycles. The van der Waals surface area contributed by atoms with E-state index in [1.54, 1.807) is 4.57 Å². The minimum Gasteiger partial charge on any atom is -0.327 e. The zero-order valence-electron chi connectivity index (χ0n) is 12.3. The molecule has 8 heteroatoms. The van der Waals surface area contributed by atoms with E-state index in [9.17, 15) is 8.42 Å². The second-order valence-electron chi connectivity index (χ2n) is 4.96. The molecule has 2 rings (SSSR count). The molecular formula is C13H19ClN4O2S. The van der Waals surface area contributed by atoms with Crippen LogP contribution in [-0.4, -0.2) is 27.7 Å². The molecule has 116 valence electrons. The molecule has 0 aromatic carbocycles. The van der Waals surface area contributed by atoms with E-state index in [0.29, 0.717) is 24.8 Å². The van der Waals surface area contributed by atoms with Crippen LogP contribution in [0, 0.1) is 0 Å². The van der Waals surface area contributed by atoms with Crippen molar-refractivity contribution in [2.24, 2.45) is 0 Å². The Kier molecular flexibility index (Phi) is 4.73. The standard InChI is InChI=1S/C13H19ClN4O2S/c1-4-10(3)18-7-6-11(16-18)8-17-9-13(21(14,19)20)15-12(17)5-2/h6-7,9-10H,4-5,8H2,1-3H3. The van der Waals surface area contributed by atoms with Gasteiger partial charge in [-0.3, -0.25) is 4.68 Å². The second-order valence-corrected chi connectivity index (χ2v) is 7.47. The Hall–Kier alpha value is -1.34. The van der Waals surface area contributed by atoms with Crippen LogP contribution in [0.1, 0.15) is 44.8 Å².